The summed E-state index contributed by atoms with van der Waals surface area (Å²) in [7, 11) is 0. The molecule has 0 amide bonds. The van der Waals surface area contributed by atoms with E-state index in [2.05, 4.69) is 23.2 Å². The number of nitrogen functional groups attached to an aromatic ring is 1. The fourth-order valence-corrected chi connectivity index (χ4v) is 3.80. The van der Waals surface area contributed by atoms with Gasteiger partial charge in [0, 0.05) is 40.9 Å². The van der Waals surface area contributed by atoms with E-state index in [1.807, 2.05) is 79.7 Å². The lowest BCUT2D eigenvalue weighted by Crippen LogP contribution is -2.03. The number of hydrogen-bond acceptors (Lipinski definition) is 4. The van der Waals surface area contributed by atoms with E-state index in [-0.39, 0.29) is 0 Å². The highest BCUT2D eigenvalue weighted by atomic mass is 16.5. The molecule has 0 saturated carbocycles. The standard InChI is InChI=1S/C27H22N2O2/c1-2-29-20-11-15-24-26(17-20)31-25-16-19(28)10-14-23(25)27(24)18-8-12-22(13-9-18)30-21-6-4-3-5-7-21/h3-17H,2,28H2,1H3. The summed E-state index contributed by atoms with van der Waals surface area (Å²) in [5.74, 6) is 2.39. The van der Waals surface area contributed by atoms with E-state index in [1.165, 1.54) is 0 Å². The van der Waals surface area contributed by atoms with E-state index in [0.29, 0.717) is 5.69 Å². The number of fused-ring (bicyclic) bond motifs is 2. The van der Waals surface area contributed by atoms with Crippen molar-refractivity contribution in [3.63, 3.8) is 0 Å². The molecule has 0 atom stereocenters. The predicted molar refractivity (Wildman–Crippen MR) is 125 cm³/mol. The monoisotopic (exact) mass is 406 g/mol. The summed E-state index contributed by atoms with van der Waals surface area (Å²) < 4.78 is 12.2. The van der Waals surface area contributed by atoms with Crippen LogP contribution in [-0.4, -0.2) is 6.54 Å². The summed E-state index contributed by atoms with van der Waals surface area (Å²) in [6, 6.07) is 29.8. The minimum Gasteiger partial charge on any atom is -0.457 e. The molecule has 1 aliphatic heterocycles. The van der Waals surface area contributed by atoms with Gasteiger partial charge in [0.1, 0.15) is 22.8 Å². The molecular formula is C27H22N2O2. The lowest BCUT2D eigenvalue weighted by Gasteiger charge is -2.16. The van der Waals surface area contributed by atoms with E-state index < -0.39 is 0 Å². The van der Waals surface area contributed by atoms with Gasteiger partial charge in [0.25, 0.3) is 0 Å². The number of ether oxygens (including phenoxy) is 1. The molecule has 5 rings (SSSR count). The van der Waals surface area contributed by atoms with Crippen LogP contribution >= 0.6 is 0 Å². The Bertz CT molecular complexity index is 1390. The summed E-state index contributed by atoms with van der Waals surface area (Å²) in [6.45, 7) is 2.74. The zero-order chi connectivity index (χ0) is 21.2. The van der Waals surface area contributed by atoms with Crippen LogP contribution < -0.4 is 15.8 Å². The minimum absolute atomic E-state index is 0.669. The number of hydrogen-bond donors (Lipinski definition) is 1. The lowest BCUT2D eigenvalue weighted by molar-refractivity contribution is 0.483. The maximum absolute atomic E-state index is 6.21. The van der Waals surface area contributed by atoms with Crippen LogP contribution in [0.3, 0.4) is 0 Å². The van der Waals surface area contributed by atoms with Crippen molar-refractivity contribution in [2.75, 3.05) is 12.3 Å². The van der Waals surface area contributed by atoms with E-state index >= 15 is 0 Å². The maximum Gasteiger partial charge on any atom is 0.137 e. The second-order valence-corrected chi connectivity index (χ2v) is 7.33. The SMILES string of the molecule is CCN=c1ccc2c(-c3ccc(Oc4ccccc4)cc3)c3ccc(N)cc3oc-2c1. The average molecular weight is 406 g/mol. The van der Waals surface area contributed by atoms with Crippen LogP contribution in [0.25, 0.3) is 33.4 Å². The molecule has 0 saturated heterocycles. The molecule has 4 heteroatoms. The Balaban J connectivity index is 1.66. The molecule has 0 radical (unpaired) electrons. The summed E-state index contributed by atoms with van der Waals surface area (Å²) in [4.78, 5) is 4.51. The molecule has 3 aromatic rings. The van der Waals surface area contributed by atoms with E-state index in [1.54, 1.807) is 0 Å². The Hall–Kier alpha value is -4.05. The van der Waals surface area contributed by atoms with Crippen molar-refractivity contribution in [3.8, 4) is 33.9 Å². The van der Waals surface area contributed by atoms with Gasteiger partial charge in [-0.3, -0.25) is 4.99 Å². The quantitative estimate of drug-likeness (QED) is 0.274. The second-order valence-electron chi connectivity index (χ2n) is 7.33. The summed E-state index contributed by atoms with van der Waals surface area (Å²) in [5, 5.41) is 1.91. The fraction of sp³-hybridized carbons (Fsp3) is 0.0741. The smallest absolute Gasteiger partial charge is 0.137 e. The Morgan fingerprint density at radius 1 is 0.839 bits per heavy atom. The molecular weight excluding hydrogens is 384 g/mol. The molecule has 31 heavy (non-hydrogen) atoms. The number of benzene rings is 4. The largest absolute Gasteiger partial charge is 0.457 e. The Morgan fingerprint density at radius 3 is 2.39 bits per heavy atom. The first kappa shape index (κ1) is 18.9. The molecule has 4 nitrogen and oxygen atoms in total. The number of anilines is 1. The van der Waals surface area contributed by atoms with Crippen LogP contribution in [0, 0.1) is 0 Å². The van der Waals surface area contributed by atoms with E-state index in [4.69, 9.17) is 14.9 Å². The van der Waals surface area contributed by atoms with Crippen molar-refractivity contribution in [2.24, 2.45) is 4.99 Å². The van der Waals surface area contributed by atoms with Crippen LogP contribution in [0.2, 0.25) is 0 Å². The molecule has 1 aliphatic carbocycles. The topological polar surface area (TPSA) is 60.8 Å². The third-order valence-corrected chi connectivity index (χ3v) is 5.19. The Kier molecular flexibility index (Phi) is 4.89. The van der Waals surface area contributed by atoms with Crippen molar-refractivity contribution in [1.82, 2.24) is 0 Å². The van der Waals surface area contributed by atoms with Crippen LogP contribution in [0.15, 0.2) is 100 Å². The van der Waals surface area contributed by atoms with Crippen LogP contribution in [0.5, 0.6) is 11.5 Å². The van der Waals surface area contributed by atoms with Gasteiger partial charge in [0.2, 0.25) is 0 Å². The molecule has 0 unspecified atom stereocenters. The molecule has 2 aliphatic rings. The number of rotatable bonds is 4. The van der Waals surface area contributed by atoms with Gasteiger partial charge < -0.3 is 14.9 Å². The Morgan fingerprint density at radius 2 is 1.61 bits per heavy atom. The molecule has 3 aromatic carbocycles. The minimum atomic E-state index is 0.669. The highest BCUT2D eigenvalue weighted by molar-refractivity contribution is 6.02. The van der Waals surface area contributed by atoms with Gasteiger partial charge in [-0.25, -0.2) is 0 Å². The second kappa shape index (κ2) is 8.00. The van der Waals surface area contributed by atoms with Crippen molar-refractivity contribution in [2.45, 2.75) is 6.92 Å². The van der Waals surface area contributed by atoms with Gasteiger partial charge in [0.05, 0.1) is 5.36 Å². The highest BCUT2D eigenvalue weighted by Crippen LogP contribution is 2.40. The average Bonchev–Trinajstić information content (AvgIpc) is 2.79. The molecule has 0 fully saturated rings. The Labute approximate surface area is 180 Å². The third-order valence-electron chi connectivity index (χ3n) is 5.19. The molecule has 2 N–H and O–H groups in total. The van der Waals surface area contributed by atoms with Gasteiger partial charge >= 0.3 is 0 Å². The van der Waals surface area contributed by atoms with Crippen LogP contribution in [0.1, 0.15) is 6.92 Å². The van der Waals surface area contributed by atoms with Crippen molar-refractivity contribution >= 4 is 16.7 Å². The molecule has 0 spiro atoms. The van der Waals surface area contributed by atoms with Crippen molar-refractivity contribution in [3.05, 3.63) is 96.4 Å². The van der Waals surface area contributed by atoms with Gasteiger partial charge in [-0.15, -0.1) is 0 Å². The molecule has 152 valence electrons. The summed E-state index contributed by atoms with van der Waals surface area (Å²) >= 11 is 0. The summed E-state index contributed by atoms with van der Waals surface area (Å²) in [6.07, 6.45) is 0. The zero-order valence-corrected chi connectivity index (χ0v) is 17.2. The first-order valence-electron chi connectivity index (χ1n) is 10.3. The first-order chi connectivity index (χ1) is 15.2. The van der Waals surface area contributed by atoms with Crippen LogP contribution in [-0.2, 0) is 0 Å². The third kappa shape index (κ3) is 3.76. The normalized spacial score (nSPS) is 11.8. The van der Waals surface area contributed by atoms with E-state index in [9.17, 15) is 0 Å². The number of nitrogens with two attached hydrogens (primary N) is 1. The van der Waals surface area contributed by atoms with Gasteiger partial charge in [-0.1, -0.05) is 30.3 Å². The number of nitrogens with zero attached hydrogens (tertiary/aromatic N) is 1. The predicted octanol–water partition coefficient (Wildman–Crippen LogP) is 6.50. The van der Waals surface area contributed by atoms with Gasteiger partial charge in [0.15, 0.2) is 0 Å². The van der Waals surface area contributed by atoms with Crippen molar-refractivity contribution in [1.29, 1.82) is 0 Å². The molecule has 0 bridgehead atoms. The lowest BCUT2D eigenvalue weighted by atomic mass is 9.93. The maximum atomic E-state index is 6.21. The summed E-state index contributed by atoms with van der Waals surface area (Å²) in [5.41, 5.74) is 10.7. The highest BCUT2D eigenvalue weighted by Gasteiger charge is 2.17. The molecule has 0 aromatic heterocycles. The van der Waals surface area contributed by atoms with Crippen molar-refractivity contribution < 1.29 is 9.15 Å². The first-order valence-corrected chi connectivity index (χ1v) is 10.3. The van der Waals surface area contributed by atoms with E-state index in [0.717, 1.165) is 56.8 Å². The zero-order valence-electron chi connectivity index (χ0n) is 17.2. The van der Waals surface area contributed by atoms with Crippen LogP contribution in [0.4, 0.5) is 5.69 Å². The van der Waals surface area contributed by atoms with Gasteiger partial charge in [-0.05, 0) is 61.0 Å². The fourth-order valence-electron chi connectivity index (χ4n) is 3.80. The molecule has 1 heterocycles. The number of para-hydroxylation sites is 1. The van der Waals surface area contributed by atoms with Gasteiger partial charge in [-0.2, -0.15) is 0 Å².